The van der Waals surface area contributed by atoms with E-state index in [1.165, 1.54) is 0 Å². The number of nitrogens with two attached hydrogens (primary N) is 1. The van der Waals surface area contributed by atoms with Crippen LogP contribution < -0.4 is 5.73 Å². The molecule has 0 fully saturated rings. The molecule has 8 nitrogen and oxygen atoms in total. The molecule has 2 aromatic rings. The normalized spacial score (nSPS) is 10.2. The average molecular weight is 150 g/mol. The molecule has 2 N–H and O–H groups in total. The second-order valence-corrected chi connectivity index (χ2v) is 1.73. The molecule has 0 amide bonds. The lowest BCUT2D eigenvalue weighted by Gasteiger charge is -1.90. The Morgan fingerprint density at radius 1 is 0.818 bits per heavy atom. The maximum atomic E-state index is 5.37. The zero-order valence-electron chi connectivity index (χ0n) is 5.21. The van der Waals surface area contributed by atoms with E-state index in [2.05, 4.69) is 36.0 Å². The van der Waals surface area contributed by atoms with Crippen molar-refractivity contribution >= 4 is 17.0 Å². The van der Waals surface area contributed by atoms with E-state index >= 15 is 0 Å². The quantitative estimate of drug-likeness (QED) is 0.466. The monoisotopic (exact) mass is 150 g/mol. The number of fused-ring (bicyclic) bond motifs is 1. The highest BCUT2D eigenvalue weighted by Gasteiger charge is 2.02. The summed E-state index contributed by atoms with van der Waals surface area (Å²) < 4.78 is 0. The standard InChI is InChI=1S/C3H2N8/c4-2-1-3(7-9-6-2)8-11-10-5-1/h(H2,4,6,7,8,10). The summed E-state index contributed by atoms with van der Waals surface area (Å²) in [6.45, 7) is 0. The molecule has 0 bridgehead atoms. The Hall–Kier alpha value is -1.99. The van der Waals surface area contributed by atoms with Crippen LogP contribution in [-0.4, -0.2) is 36.0 Å². The van der Waals surface area contributed by atoms with E-state index in [1.54, 1.807) is 0 Å². The minimum atomic E-state index is 0.150. The van der Waals surface area contributed by atoms with Crippen LogP contribution in [0.15, 0.2) is 0 Å². The van der Waals surface area contributed by atoms with Crippen molar-refractivity contribution in [2.24, 2.45) is 0 Å². The summed E-state index contributed by atoms with van der Waals surface area (Å²) in [4.78, 5) is 0. The van der Waals surface area contributed by atoms with E-state index in [0.29, 0.717) is 5.52 Å². The van der Waals surface area contributed by atoms with Crippen molar-refractivity contribution in [3.05, 3.63) is 0 Å². The third kappa shape index (κ3) is 0.801. The molecule has 8 heteroatoms. The average Bonchev–Trinajstić information content (AvgIpc) is 2.06. The van der Waals surface area contributed by atoms with E-state index in [0.717, 1.165) is 0 Å². The van der Waals surface area contributed by atoms with Gasteiger partial charge in [0.25, 0.3) is 0 Å². The summed E-state index contributed by atoms with van der Waals surface area (Å²) in [7, 11) is 0. The summed E-state index contributed by atoms with van der Waals surface area (Å²) in [5, 5.41) is 23.9. The predicted octanol–water partition coefficient (Wildman–Crippen LogP) is -1.81. The highest BCUT2D eigenvalue weighted by atomic mass is 15.5. The molecule has 0 aliphatic rings. The van der Waals surface area contributed by atoms with E-state index < -0.39 is 0 Å². The van der Waals surface area contributed by atoms with Gasteiger partial charge in [0.05, 0.1) is 0 Å². The SMILES string of the molecule is Nc1nnnc2nnnnc12. The Kier molecular flexibility index (Phi) is 1.05. The fraction of sp³-hybridized carbons (Fsp3) is 0. The van der Waals surface area contributed by atoms with Crippen LogP contribution in [0.1, 0.15) is 0 Å². The molecule has 0 spiro atoms. The lowest BCUT2D eigenvalue weighted by molar-refractivity contribution is 0.769. The summed E-state index contributed by atoms with van der Waals surface area (Å²) in [5.74, 6) is 0.150. The highest BCUT2D eigenvalue weighted by Crippen LogP contribution is 2.05. The van der Waals surface area contributed by atoms with E-state index in [9.17, 15) is 0 Å². The smallest absolute Gasteiger partial charge is 0.231 e. The Balaban J connectivity index is 2.91. The molecule has 0 aliphatic heterocycles. The van der Waals surface area contributed by atoms with Crippen LogP contribution in [0.25, 0.3) is 11.2 Å². The molecule has 2 aromatic heterocycles. The number of rotatable bonds is 0. The Morgan fingerprint density at radius 3 is 2.36 bits per heavy atom. The van der Waals surface area contributed by atoms with Gasteiger partial charge in [-0.05, 0) is 15.6 Å². The lowest BCUT2D eigenvalue weighted by Crippen LogP contribution is -2.02. The second kappa shape index (κ2) is 2.01. The molecular formula is C3H2N8. The molecule has 0 atom stereocenters. The molecule has 54 valence electrons. The molecule has 0 aliphatic carbocycles. The first-order valence-corrected chi connectivity index (χ1v) is 2.68. The molecule has 0 saturated heterocycles. The van der Waals surface area contributed by atoms with Gasteiger partial charge in [-0.1, -0.05) is 0 Å². The van der Waals surface area contributed by atoms with Crippen LogP contribution in [0.3, 0.4) is 0 Å². The van der Waals surface area contributed by atoms with Crippen LogP contribution in [-0.2, 0) is 0 Å². The van der Waals surface area contributed by atoms with Gasteiger partial charge in [-0.2, -0.15) is 0 Å². The fourth-order valence-corrected chi connectivity index (χ4v) is 0.613. The molecule has 0 saturated carbocycles. The molecular weight excluding hydrogens is 148 g/mol. The fourth-order valence-electron chi connectivity index (χ4n) is 0.613. The van der Waals surface area contributed by atoms with Crippen molar-refractivity contribution in [2.75, 3.05) is 5.73 Å². The predicted molar refractivity (Wildman–Crippen MR) is 32.9 cm³/mol. The lowest BCUT2D eigenvalue weighted by atomic mass is 10.5. The van der Waals surface area contributed by atoms with Gasteiger partial charge in [-0.15, -0.1) is 20.4 Å². The number of hydrogen-bond donors (Lipinski definition) is 1. The summed E-state index contributed by atoms with van der Waals surface area (Å²) in [6.07, 6.45) is 0. The van der Waals surface area contributed by atoms with Gasteiger partial charge in [0.1, 0.15) is 0 Å². The second-order valence-electron chi connectivity index (χ2n) is 1.73. The minimum absolute atomic E-state index is 0.150. The summed E-state index contributed by atoms with van der Waals surface area (Å²) in [6, 6.07) is 0. The number of nitrogen functional groups attached to an aromatic ring is 1. The van der Waals surface area contributed by atoms with E-state index in [1.807, 2.05) is 0 Å². The third-order valence-corrected chi connectivity index (χ3v) is 1.07. The number of anilines is 1. The van der Waals surface area contributed by atoms with Crippen molar-refractivity contribution in [3.63, 3.8) is 0 Å². The molecule has 11 heavy (non-hydrogen) atoms. The number of aromatic nitrogens is 7. The van der Waals surface area contributed by atoms with Crippen LogP contribution in [0.2, 0.25) is 0 Å². The van der Waals surface area contributed by atoms with Gasteiger partial charge < -0.3 is 5.73 Å². The Bertz CT molecular complexity index is 378. The van der Waals surface area contributed by atoms with Crippen LogP contribution in [0.5, 0.6) is 0 Å². The van der Waals surface area contributed by atoms with Crippen LogP contribution in [0.4, 0.5) is 5.82 Å². The maximum Gasteiger partial charge on any atom is 0.231 e. The van der Waals surface area contributed by atoms with E-state index in [-0.39, 0.29) is 11.5 Å². The Morgan fingerprint density at radius 2 is 1.55 bits per heavy atom. The Labute approximate surface area is 59.8 Å². The zero-order chi connectivity index (χ0) is 7.68. The highest BCUT2D eigenvalue weighted by molar-refractivity contribution is 5.78. The number of hydrogen-bond acceptors (Lipinski definition) is 8. The van der Waals surface area contributed by atoms with Crippen molar-refractivity contribution in [1.82, 2.24) is 36.0 Å². The van der Waals surface area contributed by atoms with Crippen molar-refractivity contribution in [3.8, 4) is 0 Å². The topological polar surface area (TPSA) is 116 Å². The molecule has 2 heterocycles. The van der Waals surface area contributed by atoms with Crippen LogP contribution >= 0.6 is 0 Å². The van der Waals surface area contributed by atoms with Gasteiger partial charge >= 0.3 is 0 Å². The van der Waals surface area contributed by atoms with Crippen molar-refractivity contribution < 1.29 is 0 Å². The largest absolute Gasteiger partial charge is 0.380 e. The number of nitrogens with zero attached hydrogens (tertiary/aromatic N) is 7. The van der Waals surface area contributed by atoms with Gasteiger partial charge in [0.15, 0.2) is 11.3 Å². The molecule has 0 aromatic carbocycles. The van der Waals surface area contributed by atoms with Gasteiger partial charge in [-0.25, -0.2) is 0 Å². The first kappa shape index (κ1) is 5.77. The summed E-state index contributed by atoms with van der Waals surface area (Å²) in [5.41, 5.74) is 5.93. The van der Waals surface area contributed by atoms with Crippen molar-refractivity contribution in [2.45, 2.75) is 0 Å². The maximum absolute atomic E-state index is 5.37. The zero-order valence-corrected chi connectivity index (χ0v) is 5.21. The molecule has 2 rings (SSSR count). The van der Waals surface area contributed by atoms with E-state index in [4.69, 9.17) is 5.73 Å². The first-order chi connectivity index (χ1) is 5.38. The summed E-state index contributed by atoms with van der Waals surface area (Å²) >= 11 is 0. The first-order valence-electron chi connectivity index (χ1n) is 2.68. The molecule has 0 unspecified atom stereocenters. The van der Waals surface area contributed by atoms with Crippen molar-refractivity contribution in [1.29, 1.82) is 0 Å². The van der Waals surface area contributed by atoms with Gasteiger partial charge in [-0.3, -0.25) is 0 Å². The minimum Gasteiger partial charge on any atom is -0.380 e. The van der Waals surface area contributed by atoms with Gasteiger partial charge in [0, 0.05) is 0 Å². The van der Waals surface area contributed by atoms with Crippen LogP contribution in [0, 0.1) is 0 Å². The third-order valence-electron chi connectivity index (χ3n) is 1.07. The molecule has 0 radical (unpaired) electrons. The van der Waals surface area contributed by atoms with Gasteiger partial charge in [0.2, 0.25) is 5.65 Å².